The van der Waals surface area contributed by atoms with Crippen LogP contribution in [0.4, 0.5) is 0 Å². The average Bonchev–Trinajstić information content (AvgIpc) is 2.05. The van der Waals surface area contributed by atoms with Crippen LogP contribution in [0, 0.1) is 6.92 Å². The Bertz CT molecular complexity index is 391. The Morgan fingerprint density at radius 1 is 1.36 bits per heavy atom. The number of ether oxygens (including phenoxy) is 1. The number of benzene rings is 1. The van der Waals surface area contributed by atoms with Gasteiger partial charge in [0.1, 0.15) is 5.60 Å². The van der Waals surface area contributed by atoms with Crippen LogP contribution in [0.5, 0.6) is 0 Å². The summed E-state index contributed by atoms with van der Waals surface area (Å²) in [6, 6.07) is 5.95. The van der Waals surface area contributed by atoms with Gasteiger partial charge < -0.3 is 4.74 Å². The largest absolute Gasteiger partial charge is 0.456 e. The summed E-state index contributed by atoms with van der Waals surface area (Å²) in [7, 11) is 0. The van der Waals surface area contributed by atoms with E-state index in [2.05, 4.69) is 0 Å². The van der Waals surface area contributed by atoms with Crippen LogP contribution in [0.25, 0.3) is 0 Å². The van der Waals surface area contributed by atoms with Gasteiger partial charge in [-0.25, -0.2) is 4.79 Å². The van der Waals surface area contributed by atoms with Crippen LogP contribution in [0.15, 0.2) is 18.2 Å². The molecule has 74 valence electrons. The number of carbonyl (C=O) groups excluding carboxylic acids is 1. The molecule has 14 heavy (non-hydrogen) atoms. The molecule has 1 aliphatic heterocycles. The molecule has 0 saturated heterocycles. The SMILES string of the molecule is Cc1ccc2c(c1)C(=O)OC(C)(C)C2. The monoisotopic (exact) mass is 190 g/mol. The van der Waals surface area contributed by atoms with Crippen molar-refractivity contribution < 1.29 is 9.53 Å². The molecule has 0 unspecified atom stereocenters. The van der Waals surface area contributed by atoms with Crippen molar-refractivity contribution in [3.63, 3.8) is 0 Å². The number of cyclic esters (lactones) is 1. The third kappa shape index (κ3) is 1.52. The molecule has 1 aliphatic rings. The molecule has 0 fully saturated rings. The van der Waals surface area contributed by atoms with Crippen LogP contribution < -0.4 is 0 Å². The van der Waals surface area contributed by atoms with E-state index in [1.54, 1.807) is 0 Å². The fourth-order valence-electron chi connectivity index (χ4n) is 1.84. The van der Waals surface area contributed by atoms with Crippen molar-refractivity contribution in [2.45, 2.75) is 32.8 Å². The molecule has 0 N–H and O–H groups in total. The molecule has 0 saturated carbocycles. The first-order chi connectivity index (χ1) is 6.48. The third-order valence-corrected chi connectivity index (χ3v) is 2.47. The van der Waals surface area contributed by atoms with Gasteiger partial charge in [-0.3, -0.25) is 0 Å². The van der Waals surface area contributed by atoms with Crippen LogP contribution in [-0.4, -0.2) is 11.6 Å². The Kier molecular flexibility index (Phi) is 1.88. The molecule has 0 atom stereocenters. The van der Waals surface area contributed by atoms with E-state index < -0.39 is 0 Å². The first kappa shape index (κ1) is 9.25. The maximum absolute atomic E-state index is 11.6. The molecular weight excluding hydrogens is 176 g/mol. The Hall–Kier alpha value is -1.31. The van der Waals surface area contributed by atoms with Gasteiger partial charge in [-0.2, -0.15) is 0 Å². The zero-order chi connectivity index (χ0) is 10.3. The number of hydrogen-bond donors (Lipinski definition) is 0. The molecule has 1 aromatic rings. The van der Waals surface area contributed by atoms with E-state index >= 15 is 0 Å². The molecule has 0 spiro atoms. The van der Waals surface area contributed by atoms with E-state index in [0.29, 0.717) is 0 Å². The summed E-state index contributed by atoms with van der Waals surface area (Å²) < 4.78 is 5.32. The van der Waals surface area contributed by atoms with Crippen molar-refractivity contribution in [1.82, 2.24) is 0 Å². The maximum atomic E-state index is 11.6. The molecular formula is C12H14O2. The molecule has 2 rings (SSSR count). The second-order valence-electron chi connectivity index (χ2n) is 4.49. The van der Waals surface area contributed by atoms with E-state index in [1.165, 1.54) is 0 Å². The predicted molar refractivity (Wildman–Crippen MR) is 54.4 cm³/mol. The van der Waals surface area contributed by atoms with Gasteiger partial charge in [-0.15, -0.1) is 0 Å². The number of fused-ring (bicyclic) bond motifs is 1. The lowest BCUT2D eigenvalue weighted by molar-refractivity contribution is -0.00648. The van der Waals surface area contributed by atoms with Gasteiger partial charge in [0, 0.05) is 6.42 Å². The van der Waals surface area contributed by atoms with Gasteiger partial charge >= 0.3 is 5.97 Å². The van der Waals surface area contributed by atoms with E-state index in [-0.39, 0.29) is 11.6 Å². The number of rotatable bonds is 0. The minimum Gasteiger partial charge on any atom is -0.456 e. The fourth-order valence-corrected chi connectivity index (χ4v) is 1.84. The number of esters is 1. The van der Waals surface area contributed by atoms with Crippen molar-refractivity contribution in [2.75, 3.05) is 0 Å². The quantitative estimate of drug-likeness (QED) is 0.587. The Morgan fingerprint density at radius 2 is 2.07 bits per heavy atom. The molecule has 0 bridgehead atoms. The van der Waals surface area contributed by atoms with Crippen molar-refractivity contribution in [2.24, 2.45) is 0 Å². The summed E-state index contributed by atoms with van der Waals surface area (Å²) in [5.41, 5.74) is 2.56. The van der Waals surface area contributed by atoms with Crippen molar-refractivity contribution >= 4 is 5.97 Å². The van der Waals surface area contributed by atoms with Gasteiger partial charge in [0.2, 0.25) is 0 Å². The smallest absolute Gasteiger partial charge is 0.338 e. The van der Waals surface area contributed by atoms with Crippen LogP contribution in [0.2, 0.25) is 0 Å². The Morgan fingerprint density at radius 3 is 2.79 bits per heavy atom. The fraction of sp³-hybridized carbons (Fsp3) is 0.417. The summed E-state index contributed by atoms with van der Waals surface area (Å²) in [6.07, 6.45) is 0.800. The van der Waals surface area contributed by atoms with Gasteiger partial charge in [0.25, 0.3) is 0 Å². The summed E-state index contributed by atoms with van der Waals surface area (Å²) in [4.78, 5) is 11.6. The van der Waals surface area contributed by atoms with Gasteiger partial charge in [-0.1, -0.05) is 17.7 Å². The van der Waals surface area contributed by atoms with Crippen molar-refractivity contribution in [3.05, 3.63) is 34.9 Å². The summed E-state index contributed by atoms with van der Waals surface area (Å²) >= 11 is 0. The summed E-state index contributed by atoms with van der Waals surface area (Å²) in [5, 5.41) is 0. The van der Waals surface area contributed by atoms with Gasteiger partial charge in [0.05, 0.1) is 5.56 Å². The van der Waals surface area contributed by atoms with Gasteiger partial charge in [0.15, 0.2) is 0 Å². The van der Waals surface area contributed by atoms with Gasteiger partial charge in [-0.05, 0) is 32.4 Å². The molecule has 1 heterocycles. The minimum absolute atomic E-state index is 0.194. The highest BCUT2D eigenvalue weighted by Crippen LogP contribution is 2.27. The van der Waals surface area contributed by atoms with Crippen molar-refractivity contribution in [1.29, 1.82) is 0 Å². The normalized spacial score (nSPS) is 18.6. The predicted octanol–water partition coefficient (Wildman–Crippen LogP) is 2.49. The zero-order valence-electron chi connectivity index (χ0n) is 8.76. The van der Waals surface area contributed by atoms with Crippen LogP contribution in [0.1, 0.15) is 35.3 Å². The van der Waals surface area contributed by atoms with Crippen LogP contribution in [-0.2, 0) is 11.2 Å². The third-order valence-electron chi connectivity index (χ3n) is 2.47. The van der Waals surface area contributed by atoms with E-state index in [9.17, 15) is 4.79 Å². The van der Waals surface area contributed by atoms with E-state index in [0.717, 1.165) is 23.1 Å². The second kappa shape index (κ2) is 2.84. The molecule has 0 amide bonds. The molecule has 1 aromatic carbocycles. The number of carbonyl (C=O) groups is 1. The average molecular weight is 190 g/mol. The maximum Gasteiger partial charge on any atom is 0.338 e. The lowest BCUT2D eigenvalue weighted by Crippen LogP contribution is -2.35. The second-order valence-corrected chi connectivity index (χ2v) is 4.49. The zero-order valence-corrected chi connectivity index (χ0v) is 8.76. The highest BCUT2D eigenvalue weighted by molar-refractivity contribution is 5.92. The highest BCUT2D eigenvalue weighted by atomic mass is 16.6. The molecule has 0 aliphatic carbocycles. The molecule has 2 nitrogen and oxygen atoms in total. The van der Waals surface area contributed by atoms with Crippen LogP contribution in [0.3, 0.4) is 0 Å². The highest BCUT2D eigenvalue weighted by Gasteiger charge is 2.31. The first-order valence-corrected chi connectivity index (χ1v) is 4.81. The summed E-state index contributed by atoms with van der Waals surface area (Å²) in [5.74, 6) is -0.194. The minimum atomic E-state index is -0.362. The lowest BCUT2D eigenvalue weighted by atomic mass is 9.90. The first-order valence-electron chi connectivity index (χ1n) is 4.81. The standard InChI is InChI=1S/C12H14O2/c1-8-4-5-9-7-12(2,3)14-11(13)10(9)6-8/h4-6H,7H2,1-3H3. The number of hydrogen-bond acceptors (Lipinski definition) is 2. The Balaban J connectivity index is 2.50. The molecule has 2 heteroatoms. The van der Waals surface area contributed by atoms with Crippen LogP contribution >= 0.6 is 0 Å². The Labute approximate surface area is 83.9 Å². The van der Waals surface area contributed by atoms with E-state index in [4.69, 9.17) is 4.74 Å². The molecule has 0 radical (unpaired) electrons. The summed E-state index contributed by atoms with van der Waals surface area (Å²) in [6.45, 7) is 5.86. The lowest BCUT2D eigenvalue weighted by Gasteiger charge is -2.31. The van der Waals surface area contributed by atoms with E-state index in [1.807, 2.05) is 39.0 Å². The number of aryl methyl sites for hydroxylation is 1. The van der Waals surface area contributed by atoms with Crippen molar-refractivity contribution in [3.8, 4) is 0 Å². The topological polar surface area (TPSA) is 26.3 Å². The molecule has 0 aromatic heterocycles.